The Morgan fingerprint density at radius 2 is 1.25 bits per heavy atom. The van der Waals surface area contributed by atoms with Gasteiger partial charge < -0.3 is 9.84 Å². The average molecular weight is 375 g/mol. The lowest BCUT2D eigenvalue weighted by Gasteiger charge is -2.39. The molecule has 28 heavy (non-hydrogen) atoms. The number of esters is 1. The molecule has 2 N–H and O–H groups in total. The molecule has 0 aliphatic rings. The molecule has 0 amide bonds. The third-order valence-electron chi connectivity index (χ3n) is 4.75. The van der Waals surface area contributed by atoms with Gasteiger partial charge in [0.05, 0.1) is 18.2 Å². The lowest BCUT2D eigenvalue weighted by molar-refractivity contribution is -0.142. The van der Waals surface area contributed by atoms with Crippen molar-refractivity contribution < 1.29 is 14.6 Å². The van der Waals surface area contributed by atoms with Crippen LogP contribution in [0.15, 0.2) is 91.0 Å². The fraction of sp³-hybridized carbons (Fsp3) is 0.208. The van der Waals surface area contributed by atoms with E-state index in [1.165, 1.54) is 6.92 Å². The van der Waals surface area contributed by atoms with Gasteiger partial charge >= 0.3 is 5.97 Å². The Morgan fingerprint density at radius 1 is 0.857 bits per heavy atom. The minimum Gasteiger partial charge on any atom is -0.464 e. The fourth-order valence-electron chi connectivity index (χ4n) is 3.48. The third-order valence-corrected chi connectivity index (χ3v) is 4.75. The second-order valence-corrected chi connectivity index (χ2v) is 6.67. The maximum absolute atomic E-state index is 11.3. The van der Waals surface area contributed by atoms with E-state index >= 15 is 0 Å². The van der Waals surface area contributed by atoms with Gasteiger partial charge in [-0.25, -0.2) is 0 Å². The summed E-state index contributed by atoms with van der Waals surface area (Å²) in [5.74, 6) is -0.370. The van der Waals surface area contributed by atoms with Gasteiger partial charge in [-0.15, -0.1) is 0 Å². The highest BCUT2D eigenvalue weighted by atomic mass is 16.5. The van der Waals surface area contributed by atoms with Gasteiger partial charge in [0.2, 0.25) is 0 Å². The number of ether oxygens (including phenoxy) is 1. The summed E-state index contributed by atoms with van der Waals surface area (Å²) in [7, 11) is 0. The molecule has 0 unspecified atom stereocenters. The van der Waals surface area contributed by atoms with Crippen molar-refractivity contribution in [3.05, 3.63) is 108 Å². The largest absolute Gasteiger partial charge is 0.464 e. The number of hydrogen-bond acceptors (Lipinski definition) is 4. The van der Waals surface area contributed by atoms with Crippen LogP contribution in [0.4, 0.5) is 0 Å². The number of hydrogen-bond donors (Lipinski definition) is 2. The van der Waals surface area contributed by atoms with E-state index in [-0.39, 0.29) is 19.2 Å². The zero-order valence-electron chi connectivity index (χ0n) is 15.9. The van der Waals surface area contributed by atoms with Crippen LogP contribution in [0.25, 0.3) is 0 Å². The topological polar surface area (TPSA) is 58.6 Å². The average Bonchev–Trinajstić information content (AvgIpc) is 2.76. The summed E-state index contributed by atoms with van der Waals surface area (Å²) < 4.78 is 5.19. The highest BCUT2D eigenvalue weighted by Crippen LogP contribution is 2.37. The monoisotopic (exact) mass is 375 g/mol. The molecule has 4 nitrogen and oxygen atoms in total. The molecular formula is C24H25NO3. The van der Waals surface area contributed by atoms with E-state index in [9.17, 15) is 9.90 Å². The number of benzene rings is 3. The van der Waals surface area contributed by atoms with Crippen LogP contribution in [-0.2, 0) is 15.1 Å². The predicted octanol–water partition coefficient (Wildman–Crippen LogP) is 3.49. The van der Waals surface area contributed by atoms with Crippen LogP contribution in [0.2, 0.25) is 0 Å². The van der Waals surface area contributed by atoms with Gasteiger partial charge in [0, 0.05) is 6.92 Å². The van der Waals surface area contributed by atoms with Crippen molar-refractivity contribution in [3.8, 4) is 0 Å². The summed E-state index contributed by atoms with van der Waals surface area (Å²) in [5.41, 5.74) is 2.40. The molecule has 144 valence electrons. The first-order chi connectivity index (χ1) is 13.7. The molecule has 3 rings (SSSR count). The summed E-state index contributed by atoms with van der Waals surface area (Å²) in [5, 5.41) is 13.6. The lowest BCUT2D eigenvalue weighted by Crippen LogP contribution is -2.52. The van der Waals surface area contributed by atoms with E-state index in [1.807, 2.05) is 54.6 Å². The SMILES string of the molecule is CC(=O)OC[C@@H](CO)NC(c1ccccc1)(c1ccccc1)c1ccccc1. The molecule has 0 spiro atoms. The molecule has 1 atom stereocenters. The number of rotatable bonds is 8. The quantitative estimate of drug-likeness (QED) is 0.467. The second kappa shape index (κ2) is 9.31. The minimum atomic E-state index is -0.711. The number of aliphatic hydroxyl groups is 1. The Kier molecular flexibility index (Phi) is 6.58. The van der Waals surface area contributed by atoms with Crippen LogP contribution in [-0.4, -0.2) is 30.3 Å². The van der Waals surface area contributed by atoms with Gasteiger partial charge in [0.1, 0.15) is 6.61 Å². The zero-order valence-corrected chi connectivity index (χ0v) is 15.9. The molecule has 3 aromatic rings. The van der Waals surface area contributed by atoms with Crippen LogP contribution >= 0.6 is 0 Å². The van der Waals surface area contributed by atoms with E-state index in [0.717, 1.165) is 16.7 Å². The highest BCUT2D eigenvalue weighted by molar-refractivity contribution is 5.65. The normalized spacial score (nSPS) is 12.4. The lowest BCUT2D eigenvalue weighted by atomic mass is 9.76. The van der Waals surface area contributed by atoms with Crippen LogP contribution in [0, 0.1) is 0 Å². The summed E-state index contributed by atoms with van der Waals surface area (Å²) in [6.45, 7) is 1.29. The fourth-order valence-corrected chi connectivity index (χ4v) is 3.48. The Hall–Kier alpha value is -2.95. The van der Waals surface area contributed by atoms with Crippen molar-refractivity contribution in [2.75, 3.05) is 13.2 Å². The Balaban J connectivity index is 2.17. The Bertz CT molecular complexity index is 769. The maximum atomic E-state index is 11.3. The predicted molar refractivity (Wildman–Crippen MR) is 110 cm³/mol. The third kappa shape index (κ3) is 4.30. The van der Waals surface area contributed by atoms with Gasteiger partial charge in [-0.1, -0.05) is 91.0 Å². The molecular weight excluding hydrogens is 350 g/mol. The van der Waals surface area contributed by atoms with E-state index < -0.39 is 11.6 Å². The molecule has 0 saturated heterocycles. The zero-order chi connectivity index (χ0) is 19.8. The number of carbonyl (C=O) groups excluding carboxylic acids is 1. The molecule has 0 heterocycles. The summed E-state index contributed by atoms with van der Waals surface area (Å²) in [4.78, 5) is 11.3. The van der Waals surface area contributed by atoms with Crippen molar-refractivity contribution in [1.82, 2.24) is 5.32 Å². The van der Waals surface area contributed by atoms with E-state index in [2.05, 4.69) is 41.7 Å². The molecule has 0 aromatic heterocycles. The molecule has 0 fully saturated rings. The number of carbonyl (C=O) groups is 1. The summed E-state index contributed by atoms with van der Waals surface area (Å²) in [6.07, 6.45) is 0. The van der Waals surface area contributed by atoms with Crippen molar-refractivity contribution in [3.63, 3.8) is 0 Å². The Labute approximate surface area is 165 Å². The molecule has 3 aromatic carbocycles. The van der Waals surface area contributed by atoms with Crippen LogP contribution in [0.1, 0.15) is 23.6 Å². The van der Waals surface area contributed by atoms with E-state index in [1.54, 1.807) is 0 Å². The van der Waals surface area contributed by atoms with Crippen molar-refractivity contribution in [2.45, 2.75) is 18.5 Å². The van der Waals surface area contributed by atoms with Gasteiger partial charge in [-0.2, -0.15) is 0 Å². The molecule has 0 bridgehead atoms. The first-order valence-electron chi connectivity index (χ1n) is 9.35. The van der Waals surface area contributed by atoms with Crippen LogP contribution in [0.3, 0.4) is 0 Å². The van der Waals surface area contributed by atoms with Gasteiger partial charge in [-0.3, -0.25) is 10.1 Å². The second-order valence-electron chi connectivity index (χ2n) is 6.67. The van der Waals surface area contributed by atoms with Crippen molar-refractivity contribution in [2.24, 2.45) is 0 Å². The number of aliphatic hydroxyl groups excluding tert-OH is 1. The highest BCUT2D eigenvalue weighted by Gasteiger charge is 2.38. The van der Waals surface area contributed by atoms with Crippen molar-refractivity contribution in [1.29, 1.82) is 0 Å². The Morgan fingerprint density at radius 3 is 1.57 bits per heavy atom. The summed E-state index contributed by atoms with van der Waals surface area (Å²) in [6, 6.07) is 29.9. The van der Waals surface area contributed by atoms with Gasteiger partial charge in [0.25, 0.3) is 0 Å². The molecule has 0 aliphatic carbocycles. The summed E-state index contributed by atoms with van der Waals surface area (Å²) >= 11 is 0. The van der Waals surface area contributed by atoms with Gasteiger partial charge in [0.15, 0.2) is 0 Å². The number of nitrogens with one attached hydrogen (secondary N) is 1. The molecule has 0 aliphatic heterocycles. The van der Waals surface area contributed by atoms with Crippen molar-refractivity contribution >= 4 is 5.97 Å². The van der Waals surface area contributed by atoms with Crippen LogP contribution in [0.5, 0.6) is 0 Å². The first-order valence-corrected chi connectivity index (χ1v) is 9.35. The molecule has 0 saturated carbocycles. The minimum absolute atomic E-state index is 0.0834. The van der Waals surface area contributed by atoms with Crippen LogP contribution < -0.4 is 5.32 Å². The van der Waals surface area contributed by atoms with Gasteiger partial charge in [-0.05, 0) is 16.7 Å². The van der Waals surface area contributed by atoms with E-state index in [4.69, 9.17) is 4.74 Å². The smallest absolute Gasteiger partial charge is 0.302 e. The molecule has 4 heteroatoms. The van der Waals surface area contributed by atoms with E-state index in [0.29, 0.717) is 0 Å². The first kappa shape index (κ1) is 19.8. The maximum Gasteiger partial charge on any atom is 0.302 e. The molecule has 0 radical (unpaired) electrons. The standard InChI is InChI=1S/C24H25NO3/c1-19(27)28-18-23(17-26)25-24(20-11-5-2-6-12-20,21-13-7-3-8-14-21)22-15-9-4-10-16-22/h2-16,23,25-26H,17-18H2,1H3/t23-/m1/s1.